The van der Waals surface area contributed by atoms with Crippen molar-refractivity contribution < 1.29 is 0 Å². The van der Waals surface area contributed by atoms with E-state index in [2.05, 4.69) is 40.1 Å². The van der Waals surface area contributed by atoms with Crippen LogP contribution in [-0.4, -0.2) is 34.5 Å². The van der Waals surface area contributed by atoms with Crippen LogP contribution in [0.2, 0.25) is 0 Å². The molecule has 1 aromatic heterocycles. The third-order valence-electron chi connectivity index (χ3n) is 3.02. The van der Waals surface area contributed by atoms with Crippen LogP contribution in [0.5, 0.6) is 0 Å². The zero-order valence-corrected chi connectivity index (χ0v) is 13.0. The van der Waals surface area contributed by atoms with Gasteiger partial charge in [0.25, 0.3) is 0 Å². The first kappa shape index (κ1) is 16.4. The molecule has 5 nitrogen and oxygen atoms in total. The van der Waals surface area contributed by atoms with E-state index in [1.165, 1.54) is 0 Å². The van der Waals surface area contributed by atoms with Gasteiger partial charge in [-0.05, 0) is 26.8 Å². The lowest BCUT2D eigenvalue weighted by Crippen LogP contribution is -2.28. The lowest BCUT2D eigenvalue weighted by atomic mass is 10.2. The first-order chi connectivity index (χ1) is 9.58. The van der Waals surface area contributed by atoms with Crippen LogP contribution in [0.25, 0.3) is 0 Å². The Morgan fingerprint density at radius 1 is 1.40 bits per heavy atom. The van der Waals surface area contributed by atoms with Crippen LogP contribution in [0.15, 0.2) is 6.07 Å². The van der Waals surface area contributed by atoms with Gasteiger partial charge in [-0.25, -0.2) is 9.97 Å². The van der Waals surface area contributed by atoms with Crippen LogP contribution in [0.4, 0.5) is 5.82 Å². The fraction of sp³-hybridized carbons (Fsp3) is 0.667. The van der Waals surface area contributed by atoms with E-state index >= 15 is 0 Å². The number of rotatable bonds is 8. The quantitative estimate of drug-likeness (QED) is 0.790. The summed E-state index contributed by atoms with van der Waals surface area (Å²) < 4.78 is 0. The van der Waals surface area contributed by atoms with Crippen molar-refractivity contribution in [1.29, 1.82) is 5.26 Å². The molecule has 0 radical (unpaired) electrons. The molecule has 1 N–H and O–H groups in total. The molecular weight excluding hydrogens is 250 g/mol. The highest BCUT2D eigenvalue weighted by Gasteiger charge is 2.11. The van der Waals surface area contributed by atoms with Crippen LogP contribution in [0, 0.1) is 24.2 Å². The molecule has 0 bridgehead atoms. The SMILES string of the molecule is CCCNc1cc(C)nc(CN(CC)CC(C)C#N)n1. The largest absolute Gasteiger partial charge is 0.370 e. The predicted octanol–water partition coefficient (Wildman–Crippen LogP) is 2.59. The summed E-state index contributed by atoms with van der Waals surface area (Å²) in [5, 5.41) is 12.2. The Hall–Kier alpha value is -1.67. The van der Waals surface area contributed by atoms with Gasteiger partial charge in [-0.15, -0.1) is 0 Å². The van der Waals surface area contributed by atoms with Gasteiger partial charge in [-0.1, -0.05) is 13.8 Å². The van der Waals surface area contributed by atoms with Crippen molar-refractivity contribution in [2.45, 2.75) is 40.7 Å². The van der Waals surface area contributed by atoms with Crippen LogP contribution < -0.4 is 5.32 Å². The number of nitrogens with zero attached hydrogens (tertiary/aromatic N) is 4. The van der Waals surface area contributed by atoms with Crippen molar-refractivity contribution in [2.24, 2.45) is 5.92 Å². The lowest BCUT2D eigenvalue weighted by molar-refractivity contribution is 0.254. The summed E-state index contributed by atoms with van der Waals surface area (Å²) in [6.07, 6.45) is 1.07. The molecule has 0 saturated carbocycles. The van der Waals surface area contributed by atoms with E-state index in [-0.39, 0.29) is 5.92 Å². The second-order valence-corrected chi connectivity index (χ2v) is 5.10. The van der Waals surface area contributed by atoms with E-state index in [1.54, 1.807) is 0 Å². The Labute approximate surface area is 122 Å². The number of anilines is 1. The third-order valence-corrected chi connectivity index (χ3v) is 3.02. The molecule has 0 amide bonds. The Bertz CT molecular complexity index is 452. The number of aryl methyl sites for hydroxylation is 1. The van der Waals surface area contributed by atoms with Gasteiger partial charge in [0, 0.05) is 24.8 Å². The fourth-order valence-electron chi connectivity index (χ4n) is 1.98. The van der Waals surface area contributed by atoms with Gasteiger partial charge in [0.1, 0.15) is 11.6 Å². The van der Waals surface area contributed by atoms with Gasteiger partial charge >= 0.3 is 0 Å². The van der Waals surface area contributed by atoms with Gasteiger partial charge in [-0.3, -0.25) is 4.90 Å². The van der Waals surface area contributed by atoms with Gasteiger partial charge in [-0.2, -0.15) is 5.26 Å². The summed E-state index contributed by atoms with van der Waals surface area (Å²) in [7, 11) is 0. The molecule has 0 spiro atoms. The molecule has 110 valence electrons. The minimum Gasteiger partial charge on any atom is -0.370 e. The van der Waals surface area contributed by atoms with E-state index < -0.39 is 0 Å². The lowest BCUT2D eigenvalue weighted by Gasteiger charge is -2.21. The first-order valence-corrected chi connectivity index (χ1v) is 7.29. The molecule has 0 saturated heterocycles. The molecule has 1 heterocycles. The maximum atomic E-state index is 8.91. The van der Waals surface area contributed by atoms with Crippen molar-refractivity contribution in [3.63, 3.8) is 0 Å². The van der Waals surface area contributed by atoms with Gasteiger partial charge in [0.05, 0.1) is 18.5 Å². The Balaban J connectivity index is 2.74. The van der Waals surface area contributed by atoms with Gasteiger partial charge in [0.15, 0.2) is 0 Å². The summed E-state index contributed by atoms with van der Waals surface area (Å²) >= 11 is 0. The Kier molecular flexibility index (Phi) is 6.96. The predicted molar refractivity (Wildman–Crippen MR) is 81.3 cm³/mol. The van der Waals surface area contributed by atoms with Crippen LogP contribution in [0.1, 0.15) is 38.7 Å². The zero-order valence-electron chi connectivity index (χ0n) is 13.0. The highest BCUT2D eigenvalue weighted by Crippen LogP contribution is 2.09. The zero-order chi connectivity index (χ0) is 15.0. The third kappa shape index (κ3) is 5.54. The second kappa shape index (κ2) is 8.49. The summed E-state index contributed by atoms with van der Waals surface area (Å²) in [4.78, 5) is 11.2. The molecule has 0 aromatic carbocycles. The second-order valence-electron chi connectivity index (χ2n) is 5.10. The molecule has 1 atom stereocenters. The maximum absolute atomic E-state index is 8.91. The molecule has 1 aromatic rings. The number of nitrogens with one attached hydrogen (secondary N) is 1. The van der Waals surface area contributed by atoms with Crippen molar-refractivity contribution >= 4 is 5.82 Å². The summed E-state index contributed by atoms with van der Waals surface area (Å²) in [5.74, 6) is 1.73. The standard InChI is InChI=1S/C15H25N5/c1-5-7-17-14-8-13(4)18-15(19-14)11-20(6-2)10-12(3)9-16/h8,12H,5-7,10-11H2,1-4H3,(H,17,18,19). The normalized spacial score (nSPS) is 12.2. The molecule has 5 heteroatoms. The average molecular weight is 275 g/mol. The topological polar surface area (TPSA) is 64.8 Å². The Morgan fingerprint density at radius 3 is 2.75 bits per heavy atom. The van der Waals surface area contributed by atoms with E-state index in [1.807, 2.05) is 19.9 Å². The molecule has 1 unspecified atom stereocenters. The van der Waals surface area contributed by atoms with E-state index in [4.69, 9.17) is 5.26 Å². The summed E-state index contributed by atoms with van der Waals surface area (Å²) in [6.45, 7) is 11.4. The van der Waals surface area contributed by atoms with E-state index in [9.17, 15) is 0 Å². The summed E-state index contributed by atoms with van der Waals surface area (Å²) in [5.41, 5.74) is 0.970. The van der Waals surface area contributed by atoms with E-state index in [0.717, 1.165) is 43.4 Å². The van der Waals surface area contributed by atoms with Crippen LogP contribution in [0.3, 0.4) is 0 Å². The van der Waals surface area contributed by atoms with Gasteiger partial charge in [0.2, 0.25) is 0 Å². The van der Waals surface area contributed by atoms with Crippen molar-refractivity contribution in [2.75, 3.05) is 25.0 Å². The molecular formula is C15H25N5. The number of hydrogen-bond acceptors (Lipinski definition) is 5. The Morgan fingerprint density at radius 2 is 2.15 bits per heavy atom. The monoisotopic (exact) mass is 275 g/mol. The molecule has 0 fully saturated rings. The number of hydrogen-bond donors (Lipinski definition) is 1. The van der Waals surface area contributed by atoms with Crippen LogP contribution in [-0.2, 0) is 6.54 Å². The fourth-order valence-corrected chi connectivity index (χ4v) is 1.98. The van der Waals surface area contributed by atoms with Gasteiger partial charge < -0.3 is 5.32 Å². The highest BCUT2D eigenvalue weighted by atomic mass is 15.2. The van der Waals surface area contributed by atoms with Crippen molar-refractivity contribution in [3.8, 4) is 6.07 Å². The van der Waals surface area contributed by atoms with Crippen molar-refractivity contribution in [1.82, 2.24) is 14.9 Å². The number of nitriles is 1. The minimum atomic E-state index is 0.0254. The minimum absolute atomic E-state index is 0.0254. The molecule has 0 aliphatic carbocycles. The summed E-state index contributed by atoms with van der Waals surface area (Å²) in [6, 6.07) is 4.24. The van der Waals surface area contributed by atoms with E-state index in [0.29, 0.717) is 6.54 Å². The molecule has 20 heavy (non-hydrogen) atoms. The van der Waals surface area contributed by atoms with Crippen molar-refractivity contribution in [3.05, 3.63) is 17.6 Å². The molecule has 0 aliphatic rings. The average Bonchev–Trinajstić information content (AvgIpc) is 2.43. The maximum Gasteiger partial charge on any atom is 0.144 e. The molecule has 1 rings (SSSR count). The van der Waals surface area contributed by atoms with Crippen LogP contribution >= 0.6 is 0 Å². The first-order valence-electron chi connectivity index (χ1n) is 7.29. The smallest absolute Gasteiger partial charge is 0.144 e. The highest BCUT2D eigenvalue weighted by molar-refractivity contribution is 5.35. The number of aromatic nitrogens is 2. The molecule has 0 aliphatic heterocycles.